The number of nitrogens with one attached hydrogen (secondary N) is 2. The van der Waals surface area contributed by atoms with Gasteiger partial charge in [0.2, 0.25) is 5.91 Å². The molecule has 2 amide bonds. The third-order valence-corrected chi connectivity index (χ3v) is 5.57. The van der Waals surface area contributed by atoms with Crippen LogP contribution in [-0.4, -0.2) is 70.6 Å². The van der Waals surface area contributed by atoms with Crippen LogP contribution in [0.4, 0.5) is 0 Å². The highest BCUT2D eigenvalue weighted by Crippen LogP contribution is 2.27. The molecule has 2 N–H and O–H groups in total. The van der Waals surface area contributed by atoms with E-state index in [-0.39, 0.29) is 36.2 Å². The van der Waals surface area contributed by atoms with E-state index < -0.39 is 0 Å². The molecule has 3 rings (SSSR count). The number of carbonyl (C=O) groups excluding carboxylic acids is 2. The molecule has 140 valence electrons. The zero-order valence-corrected chi connectivity index (χ0v) is 17.0. The number of piperidine rings is 1. The lowest BCUT2D eigenvalue weighted by Gasteiger charge is -2.41. The van der Waals surface area contributed by atoms with Crippen LogP contribution in [0.1, 0.15) is 48.8 Å². The Bertz CT molecular complexity index is 636. The number of likely N-dealkylation sites (tertiary alicyclic amines) is 1. The summed E-state index contributed by atoms with van der Waals surface area (Å²) in [6.45, 7) is 7.34. The molecule has 25 heavy (non-hydrogen) atoms. The Morgan fingerprint density at radius 3 is 2.76 bits per heavy atom. The summed E-state index contributed by atoms with van der Waals surface area (Å²) in [5.41, 5.74) is 1.37. The van der Waals surface area contributed by atoms with Crippen molar-refractivity contribution in [3.8, 4) is 0 Å². The molecular weight excluding hydrogens is 410 g/mol. The highest BCUT2D eigenvalue weighted by molar-refractivity contribution is 9.10. The first-order chi connectivity index (χ1) is 11.5. The van der Waals surface area contributed by atoms with Gasteiger partial charge < -0.3 is 15.1 Å². The highest BCUT2D eigenvalue weighted by Gasteiger charge is 2.33. The average molecular weight is 435 g/mol. The zero-order chi connectivity index (χ0) is 17.3. The van der Waals surface area contributed by atoms with E-state index >= 15 is 0 Å². The molecule has 0 saturated carbocycles. The van der Waals surface area contributed by atoms with Crippen LogP contribution in [0, 0.1) is 0 Å². The van der Waals surface area contributed by atoms with Crippen molar-refractivity contribution >= 4 is 40.2 Å². The van der Waals surface area contributed by atoms with Crippen LogP contribution < -0.4 is 5.32 Å². The number of rotatable bonds is 3. The van der Waals surface area contributed by atoms with Crippen LogP contribution in [0.25, 0.3) is 0 Å². The average Bonchev–Trinajstić information content (AvgIpc) is 2.96. The second kappa shape index (κ2) is 8.51. The van der Waals surface area contributed by atoms with Crippen molar-refractivity contribution < 1.29 is 9.59 Å². The van der Waals surface area contributed by atoms with Crippen molar-refractivity contribution in [1.29, 1.82) is 0 Å². The largest absolute Gasteiger partial charge is 0.336 e. The Hall–Kier alpha value is -1.12. The van der Waals surface area contributed by atoms with E-state index in [0.29, 0.717) is 25.3 Å². The molecule has 0 aromatic carbocycles. The Morgan fingerprint density at radius 2 is 2.12 bits per heavy atom. The van der Waals surface area contributed by atoms with Crippen molar-refractivity contribution in [2.24, 2.45) is 0 Å². The minimum absolute atomic E-state index is 0. The number of amides is 2. The summed E-state index contributed by atoms with van der Waals surface area (Å²) >= 11 is 3.51. The first-order valence-electron chi connectivity index (χ1n) is 8.52. The smallest absolute Gasteiger partial charge is 0.275 e. The van der Waals surface area contributed by atoms with Gasteiger partial charge in [-0.15, -0.1) is 12.4 Å². The quantitative estimate of drug-likeness (QED) is 0.759. The lowest BCUT2D eigenvalue weighted by Crippen LogP contribution is -2.57. The minimum Gasteiger partial charge on any atom is -0.336 e. The number of nitrogens with zero attached hydrogens (tertiary/aromatic N) is 3. The molecular formula is C16H25BrClN5O2. The van der Waals surface area contributed by atoms with Gasteiger partial charge in [0.25, 0.3) is 5.91 Å². The van der Waals surface area contributed by atoms with Gasteiger partial charge in [-0.25, -0.2) is 0 Å². The fourth-order valence-electron chi connectivity index (χ4n) is 3.42. The molecule has 2 aliphatic rings. The number of aromatic amines is 1. The summed E-state index contributed by atoms with van der Waals surface area (Å²) < 4.78 is 0.753. The molecule has 2 aliphatic heterocycles. The van der Waals surface area contributed by atoms with Gasteiger partial charge in [-0.05, 0) is 34.7 Å². The molecule has 1 atom stereocenters. The molecule has 3 heterocycles. The number of piperazine rings is 1. The Labute approximate surface area is 162 Å². The summed E-state index contributed by atoms with van der Waals surface area (Å²) in [5, 5.41) is 10.3. The number of hydrogen-bond acceptors (Lipinski definition) is 4. The maximum Gasteiger partial charge on any atom is 0.275 e. The highest BCUT2D eigenvalue weighted by atomic mass is 79.9. The summed E-state index contributed by atoms with van der Waals surface area (Å²) in [6, 6.07) is 0.111. The van der Waals surface area contributed by atoms with Crippen LogP contribution in [0.2, 0.25) is 0 Å². The lowest BCUT2D eigenvalue weighted by molar-refractivity contribution is -0.135. The molecule has 2 fully saturated rings. The molecule has 0 spiro atoms. The third kappa shape index (κ3) is 4.17. The molecule has 0 bridgehead atoms. The van der Waals surface area contributed by atoms with E-state index in [1.165, 1.54) is 0 Å². The van der Waals surface area contributed by atoms with Crippen molar-refractivity contribution in [2.75, 3.05) is 32.7 Å². The normalized spacial score (nSPS) is 21.4. The van der Waals surface area contributed by atoms with Crippen LogP contribution in [0.5, 0.6) is 0 Å². The van der Waals surface area contributed by atoms with E-state index in [0.717, 1.165) is 36.1 Å². The maximum atomic E-state index is 12.9. The molecule has 1 aromatic heterocycles. The Kier molecular flexibility index (Phi) is 6.87. The fourth-order valence-corrected chi connectivity index (χ4v) is 4.22. The number of hydrogen-bond donors (Lipinski definition) is 2. The maximum absolute atomic E-state index is 12.9. The number of aromatic nitrogens is 2. The predicted octanol–water partition coefficient (Wildman–Crippen LogP) is 1.75. The number of H-pyrrole nitrogens is 1. The molecule has 0 aliphatic carbocycles. The fraction of sp³-hybridized carbons (Fsp3) is 0.688. The SMILES string of the molecule is CC(C)c1[nH]nc(C(=O)N2CCCC(N3CCNCC3=O)C2)c1Br.Cl. The van der Waals surface area contributed by atoms with Crippen molar-refractivity contribution in [2.45, 2.75) is 38.6 Å². The number of halogens is 2. The minimum atomic E-state index is -0.0719. The van der Waals surface area contributed by atoms with Gasteiger partial charge >= 0.3 is 0 Å². The summed E-state index contributed by atoms with van der Waals surface area (Å²) in [4.78, 5) is 28.7. The van der Waals surface area contributed by atoms with Crippen LogP contribution >= 0.6 is 28.3 Å². The monoisotopic (exact) mass is 433 g/mol. The summed E-state index contributed by atoms with van der Waals surface area (Å²) in [5.74, 6) is 0.321. The first-order valence-corrected chi connectivity index (χ1v) is 9.31. The first kappa shape index (κ1) is 20.2. The predicted molar refractivity (Wildman–Crippen MR) is 101 cm³/mol. The van der Waals surface area contributed by atoms with E-state index in [1.54, 1.807) is 0 Å². The molecule has 1 unspecified atom stereocenters. The third-order valence-electron chi connectivity index (χ3n) is 4.76. The Morgan fingerprint density at radius 1 is 1.36 bits per heavy atom. The Balaban J connectivity index is 0.00000225. The van der Waals surface area contributed by atoms with Gasteiger partial charge in [0, 0.05) is 32.2 Å². The van der Waals surface area contributed by atoms with Gasteiger partial charge in [0.1, 0.15) is 0 Å². The summed E-state index contributed by atoms with van der Waals surface area (Å²) in [7, 11) is 0. The van der Waals surface area contributed by atoms with Crippen LogP contribution in [0.15, 0.2) is 4.47 Å². The zero-order valence-electron chi connectivity index (χ0n) is 14.5. The number of carbonyl (C=O) groups is 2. The molecule has 9 heteroatoms. The second-order valence-corrected chi connectivity index (χ2v) is 7.56. The standard InChI is InChI=1S/C16H24BrN5O2.ClH/c1-10(2)14-13(17)15(20-19-14)16(24)21-6-3-4-11(9-21)22-7-5-18-8-12(22)23;/h10-11,18H,3-9H2,1-2H3,(H,19,20);1H. The van der Waals surface area contributed by atoms with Gasteiger partial charge in [0.05, 0.1) is 16.7 Å². The van der Waals surface area contributed by atoms with Crippen molar-refractivity contribution in [3.05, 3.63) is 15.9 Å². The molecule has 0 radical (unpaired) electrons. The van der Waals surface area contributed by atoms with Gasteiger partial charge in [-0.2, -0.15) is 5.10 Å². The van der Waals surface area contributed by atoms with Crippen LogP contribution in [0.3, 0.4) is 0 Å². The molecule has 2 saturated heterocycles. The topological polar surface area (TPSA) is 81.3 Å². The molecule has 7 nitrogen and oxygen atoms in total. The summed E-state index contributed by atoms with van der Waals surface area (Å²) in [6.07, 6.45) is 1.86. The van der Waals surface area contributed by atoms with E-state index in [4.69, 9.17) is 0 Å². The van der Waals surface area contributed by atoms with Crippen LogP contribution in [-0.2, 0) is 4.79 Å². The van der Waals surface area contributed by atoms with Gasteiger partial charge in [-0.1, -0.05) is 13.8 Å². The van der Waals surface area contributed by atoms with E-state index in [1.807, 2.05) is 9.80 Å². The molecule has 1 aromatic rings. The lowest BCUT2D eigenvalue weighted by atomic mass is 10.0. The van der Waals surface area contributed by atoms with E-state index in [2.05, 4.69) is 45.3 Å². The van der Waals surface area contributed by atoms with E-state index in [9.17, 15) is 9.59 Å². The van der Waals surface area contributed by atoms with Crippen molar-refractivity contribution in [1.82, 2.24) is 25.3 Å². The van der Waals surface area contributed by atoms with Crippen molar-refractivity contribution in [3.63, 3.8) is 0 Å². The second-order valence-electron chi connectivity index (χ2n) is 6.77. The van der Waals surface area contributed by atoms with Gasteiger partial charge in [-0.3, -0.25) is 14.7 Å². The van der Waals surface area contributed by atoms with Gasteiger partial charge in [0.15, 0.2) is 5.69 Å².